The Morgan fingerprint density at radius 1 is 1.12 bits per heavy atom. The summed E-state index contributed by atoms with van der Waals surface area (Å²) in [4.78, 5) is 4.49. The lowest BCUT2D eigenvalue weighted by Gasteiger charge is -2.11. The SMILES string of the molecule is CNS(=O)(=O)c1cccc(CNc2cc(C#N)nc3ccccc23)c1. The van der Waals surface area contributed by atoms with Crippen LogP contribution in [0.15, 0.2) is 59.5 Å². The summed E-state index contributed by atoms with van der Waals surface area (Å²) < 4.78 is 26.1. The Kier molecular flexibility index (Phi) is 4.65. The van der Waals surface area contributed by atoms with Gasteiger partial charge in [0.15, 0.2) is 0 Å². The number of nitrogens with one attached hydrogen (secondary N) is 2. The predicted molar refractivity (Wildman–Crippen MR) is 96.5 cm³/mol. The minimum absolute atomic E-state index is 0.214. The normalized spacial score (nSPS) is 11.2. The molecule has 126 valence electrons. The Morgan fingerprint density at radius 3 is 2.68 bits per heavy atom. The number of hydrogen-bond acceptors (Lipinski definition) is 5. The second-order valence-electron chi connectivity index (χ2n) is 5.39. The van der Waals surface area contributed by atoms with Crippen LogP contribution in [-0.2, 0) is 16.6 Å². The fourth-order valence-electron chi connectivity index (χ4n) is 2.52. The van der Waals surface area contributed by atoms with Gasteiger partial charge in [-0.25, -0.2) is 18.1 Å². The highest BCUT2D eigenvalue weighted by Gasteiger charge is 2.11. The van der Waals surface area contributed by atoms with Crippen LogP contribution in [0.2, 0.25) is 0 Å². The zero-order valence-electron chi connectivity index (χ0n) is 13.5. The fourth-order valence-corrected chi connectivity index (χ4v) is 3.32. The van der Waals surface area contributed by atoms with E-state index in [-0.39, 0.29) is 4.90 Å². The molecule has 0 saturated heterocycles. The first-order chi connectivity index (χ1) is 12.0. The van der Waals surface area contributed by atoms with Gasteiger partial charge >= 0.3 is 0 Å². The van der Waals surface area contributed by atoms with E-state index < -0.39 is 10.0 Å². The van der Waals surface area contributed by atoms with Gasteiger partial charge in [-0.3, -0.25) is 0 Å². The maximum Gasteiger partial charge on any atom is 0.240 e. The molecule has 0 atom stereocenters. The van der Waals surface area contributed by atoms with Crippen molar-refractivity contribution in [1.29, 1.82) is 5.26 Å². The fraction of sp³-hybridized carbons (Fsp3) is 0.111. The maximum absolute atomic E-state index is 11.9. The molecule has 0 bridgehead atoms. The van der Waals surface area contributed by atoms with E-state index in [1.807, 2.05) is 30.3 Å². The summed E-state index contributed by atoms with van der Waals surface area (Å²) in [5.74, 6) is 0. The van der Waals surface area contributed by atoms with Gasteiger partial charge in [-0.1, -0.05) is 30.3 Å². The van der Waals surface area contributed by atoms with Crippen molar-refractivity contribution in [2.24, 2.45) is 0 Å². The molecule has 0 aliphatic rings. The summed E-state index contributed by atoms with van der Waals surface area (Å²) in [5, 5.41) is 13.3. The zero-order valence-corrected chi connectivity index (χ0v) is 14.3. The van der Waals surface area contributed by atoms with Crippen LogP contribution in [0.5, 0.6) is 0 Å². The summed E-state index contributed by atoms with van der Waals surface area (Å²) >= 11 is 0. The van der Waals surface area contributed by atoms with E-state index in [1.165, 1.54) is 7.05 Å². The standard InChI is InChI=1S/C18H16N4O2S/c1-20-25(23,24)15-6-4-5-13(9-15)12-21-18-10-14(11-19)22-17-8-3-2-7-16(17)18/h2-10,20H,12H2,1H3,(H,21,22). The summed E-state index contributed by atoms with van der Waals surface area (Å²) in [5.41, 5.74) is 2.66. The molecule has 3 rings (SSSR count). The Balaban J connectivity index is 1.91. The first-order valence-corrected chi connectivity index (χ1v) is 9.08. The molecule has 0 amide bonds. The molecule has 0 radical (unpaired) electrons. The molecule has 2 N–H and O–H groups in total. The highest BCUT2D eigenvalue weighted by molar-refractivity contribution is 7.89. The van der Waals surface area contributed by atoms with E-state index in [0.29, 0.717) is 12.2 Å². The Morgan fingerprint density at radius 2 is 1.92 bits per heavy atom. The molecule has 0 unspecified atom stereocenters. The number of hydrogen-bond donors (Lipinski definition) is 2. The largest absolute Gasteiger partial charge is 0.380 e. The molecule has 3 aromatic rings. The lowest BCUT2D eigenvalue weighted by atomic mass is 10.1. The number of nitriles is 1. The molecule has 1 heterocycles. The lowest BCUT2D eigenvalue weighted by molar-refractivity contribution is 0.588. The first kappa shape index (κ1) is 16.9. The minimum Gasteiger partial charge on any atom is -0.380 e. The van der Waals surface area contributed by atoms with Gasteiger partial charge in [-0.15, -0.1) is 0 Å². The van der Waals surface area contributed by atoms with Crippen LogP contribution < -0.4 is 10.0 Å². The van der Waals surface area contributed by atoms with E-state index in [2.05, 4.69) is 21.1 Å². The molecule has 1 aromatic heterocycles. The van der Waals surface area contributed by atoms with E-state index >= 15 is 0 Å². The number of sulfonamides is 1. The van der Waals surface area contributed by atoms with Gasteiger partial charge in [-0.2, -0.15) is 5.26 Å². The molecule has 25 heavy (non-hydrogen) atoms. The van der Waals surface area contributed by atoms with Gasteiger partial charge in [0, 0.05) is 17.6 Å². The zero-order chi connectivity index (χ0) is 17.9. The smallest absolute Gasteiger partial charge is 0.240 e. The van der Waals surface area contributed by atoms with Gasteiger partial charge in [0.1, 0.15) is 11.8 Å². The number of anilines is 1. The van der Waals surface area contributed by atoms with Crippen molar-refractivity contribution < 1.29 is 8.42 Å². The van der Waals surface area contributed by atoms with Crippen molar-refractivity contribution in [3.05, 3.63) is 65.9 Å². The van der Waals surface area contributed by atoms with E-state index in [4.69, 9.17) is 5.26 Å². The first-order valence-electron chi connectivity index (χ1n) is 7.60. The number of fused-ring (bicyclic) bond motifs is 1. The molecule has 0 aliphatic carbocycles. The topological polar surface area (TPSA) is 94.9 Å². The lowest BCUT2D eigenvalue weighted by Crippen LogP contribution is -2.18. The number of benzene rings is 2. The van der Waals surface area contributed by atoms with E-state index in [9.17, 15) is 8.42 Å². The summed E-state index contributed by atoms with van der Waals surface area (Å²) in [6.45, 7) is 0.423. The number of pyridine rings is 1. The summed E-state index contributed by atoms with van der Waals surface area (Å²) in [6, 6.07) is 18.0. The van der Waals surface area contributed by atoms with Crippen LogP contribution in [0.3, 0.4) is 0 Å². The monoisotopic (exact) mass is 352 g/mol. The van der Waals surface area contributed by atoms with E-state index in [1.54, 1.807) is 24.3 Å². The van der Waals surface area contributed by atoms with Crippen molar-refractivity contribution in [2.75, 3.05) is 12.4 Å². The predicted octanol–water partition coefficient (Wildman–Crippen LogP) is 2.63. The highest BCUT2D eigenvalue weighted by atomic mass is 32.2. The van der Waals surface area contributed by atoms with Gasteiger partial charge in [0.2, 0.25) is 10.0 Å². The van der Waals surface area contributed by atoms with Gasteiger partial charge in [0.25, 0.3) is 0 Å². The molecule has 0 fully saturated rings. The van der Waals surface area contributed by atoms with Crippen molar-refractivity contribution in [3.8, 4) is 6.07 Å². The Hall–Kier alpha value is -2.95. The minimum atomic E-state index is -3.48. The second kappa shape index (κ2) is 6.89. The van der Waals surface area contributed by atoms with Crippen molar-refractivity contribution in [2.45, 2.75) is 11.4 Å². The van der Waals surface area contributed by atoms with Crippen LogP contribution in [0.4, 0.5) is 5.69 Å². The average Bonchev–Trinajstić information content (AvgIpc) is 2.66. The van der Waals surface area contributed by atoms with Gasteiger partial charge in [-0.05, 0) is 36.9 Å². The molecule has 2 aromatic carbocycles. The van der Waals surface area contributed by atoms with Crippen LogP contribution in [0.25, 0.3) is 10.9 Å². The Bertz CT molecular complexity index is 1070. The third-order valence-corrected chi connectivity index (χ3v) is 5.20. The third-order valence-electron chi connectivity index (χ3n) is 3.79. The van der Waals surface area contributed by atoms with E-state index in [0.717, 1.165) is 22.2 Å². The molecule has 6 nitrogen and oxygen atoms in total. The average molecular weight is 352 g/mol. The maximum atomic E-state index is 11.9. The molecular weight excluding hydrogens is 336 g/mol. The number of rotatable bonds is 5. The Labute approximate surface area is 146 Å². The van der Waals surface area contributed by atoms with Crippen LogP contribution in [0.1, 0.15) is 11.3 Å². The number of aromatic nitrogens is 1. The van der Waals surface area contributed by atoms with Gasteiger partial charge < -0.3 is 5.32 Å². The number of nitrogens with zero attached hydrogens (tertiary/aromatic N) is 2. The molecule has 7 heteroatoms. The summed E-state index contributed by atoms with van der Waals surface area (Å²) in [7, 11) is -2.10. The van der Waals surface area contributed by atoms with Crippen molar-refractivity contribution in [1.82, 2.24) is 9.71 Å². The molecule has 0 saturated carbocycles. The molecular formula is C18H16N4O2S. The molecule has 0 spiro atoms. The second-order valence-corrected chi connectivity index (χ2v) is 7.28. The third kappa shape index (κ3) is 3.60. The van der Waals surface area contributed by atoms with Crippen molar-refractivity contribution >= 4 is 26.6 Å². The van der Waals surface area contributed by atoms with Crippen LogP contribution in [-0.4, -0.2) is 20.4 Å². The van der Waals surface area contributed by atoms with Gasteiger partial charge in [0.05, 0.1) is 10.4 Å². The highest BCUT2D eigenvalue weighted by Crippen LogP contribution is 2.23. The summed E-state index contributed by atoms with van der Waals surface area (Å²) in [6.07, 6.45) is 0. The van der Waals surface area contributed by atoms with Crippen LogP contribution >= 0.6 is 0 Å². The molecule has 0 aliphatic heterocycles. The quantitative estimate of drug-likeness (QED) is 0.736. The van der Waals surface area contributed by atoms with Crippen molar-refractivity contribution in [3.63, 3.8) is 0 Å². The number of para-hydroxylation sites is 1. The van der Waals surface area contributed by atoms with Crippen LogP contribution in [0, 0.1) is 11.3 Å².